The Kier molecular flexibility index (Phi) is 5.50. The highest BCUT2D eigenvalue weighted by Gasteiger charge is 2.07. The van der Waals surface area contributed by atoms with Gasteiger partial charge in [0.25, 0.3) is 0 Å². The molecular formula is C13H22. The first-order valence-corrected chi connectivity index (χ1v) is 5.11. The highest BCUT2D eigenvalue weighted by atomic mass is 14.1. The molecule has 0 aromatic heterocycles. The highest BCUT2D eigenvalue weighted by molar-refractivity contribution is 5.17. The lowest BCUT2D eigenvalue weighted by atomic mass is 9.91. The average Bonchev–Trinajstić information content (AvgIpc) is 2.04. The third-order valence-electron chi connectivity index (χ3n) is 2.47. The fourth-order valence-corrected chi connectivity index (χ4v) is 1.54. The smallest absolute Gasteiger partial charge is 0.00720 e. The Bertz CT molecular complexity index is 237. The monoisotopic (exact) mass is 178 g/mol. The van der Waals surface area contributed by atoms with Crippen molar-refractivity contribution in [3.8, 4) is 0 Å². The average molecular weight is 178 g/mol. The molecule has 0 heterocycles. The molecule has 0 aliphatic heterocycles. The Morgan fingerprint density at radius 2 is 1.77 bits per heavy atom. The Hall–Kier alpha value is -0.740. The minimum Gasteiger partial charge on any atom is -0.123 e. The van der Waals surface area contributed by atoms with Gasteiger partial charge < -0.3 is 0 Å². The van der Waals surface area contributed by atoms with Gasteiger partial charge in [0.1, 0.15) is 0 Å². The van der Waals surface area contributed by atoms with Crippen LogP contribution in [0.15, 0.2) is 29.0 Å². The van der Waals surface area contributed by atoms with Crippen molar-refractivity contribution in [2.24, 2.45) is 5.92 Å². The topological polar surface area (TPSA) is 0 Å². The number of rotatable bonds is 4. The summed E-state index contributed by atoms with van der Waals surface area (Å²) < 4.78 is 0. The molecule has 0 bridgehead atoms. The number of hydrogen-bond acceptors (Lipinski definition) is 0. The van der Waals surface area contributed by atoms with Crippen LogP contribution in [-0.2, 0) is 0 Å². The molecule has 0 nitrogen and oxygen atoms in total. The van der Waals surface area contributed by atoms with Crippen molar-refractivity contribution in [3.63, 3.8) is 0 Å². The summed E-state index contributed by atoms with van der Waals surface area (Å²) in [6.07, 6.45) is 2.22. The molecule has 0 N–H and O–H groups in total. The SMILES string of the molecule is C=C(C)C(CC)C(C)=C=C(C)CC. The quantitative estimate of drug-likeness (QED) is 0.439. The molecule has 1 atom stereocenters. The Morgan fingerprint density at radius 1 is 1.23 bits per heavy atom. The van der Waals surface area contributed by atoms with Crippen molar-refractivity contribution >= 4 is 0 Å². The van der Waals surface area contributed by atoms with E-state index in [1.165, 1.54) is 16.7 Å². The molecule has 0 saturated carbocycles. The molecule has 0 aromatic carbocycles. The van der Waals surface area contributed by atoms with Gasteiger partial charge in [-0.2, -0.15) is 0 Å². The lowest BCUT2D eigenvalue weighted by Crippen LogP contribution is -2.00. The molecule has 0 radical (unpaired) electrons. The minimum atomic E-state index is 0.515. The second kappa shape index (κ2) is 5.83. The lowest BCUT2D eigenvalue weighted by molar-refractivity contribution is 0.687. The molecule has 13 heavy (non-hydrogen) atoms. The Morgan fingerprint density at radius 3 is 2.08 bits per heavy atom. The summed E-state index contributed by atoms with van der Waals surface area (Å²) in [5, 5.41) is 0. The Balaban J connectivity index is 4.83. The van der Waals surface area contributed by atoms with Crippen LogP contribution in [0.5, 0.6) is 0 Å². The molecule has 0 saturated heterocycles. The molecule has 74 valence electrons. The van der Waals surface area contributed by atoms with Gasteiger partial charge in [0, 0.05) is 5.92 Å². The lowest BCUT2D eigenvalue weighted by Gasteiger charge is -2.13. The zero-order chi connectivity index (χ0) is 10.4. The maximum absolute atomic E-state index is 4.01. The predicted octanol–water partition coefficient (Wildman–Crippen LogP) is 4.49. The van der Waals surface area contributed by atoms with Crippen LogP contribution in [0.4, 0.5) is 0 Å². The van der Waals surface area contributed by atoms with Crippen molar-refractivity contribution in [3.05, 3.63) is 29.0 Å². The van der Waals surface area contributed by atoms with Crippen molar-refractivity contribution in [1.29, 1.82) is 0 Å². The van der Waals surface area contributed by atoms with Gasteiger partial charge in [-0.1, -0.05) is 26.0 Å². The first-order valence-electron chi connectivity index (χ1n) is 5.11. The number of hydrogen-bond donors (Lipinski definition) is 0. The van der Waals surface area contributed by atoms with Crippen LogP contribution < -0.4 is 0 Å². The van der Waals surface area contributed by atoms with Gasteiger partial charge in [0.15, 0.2) is 0 Å². The van der Waals surface area contributed by atoms with E-state index in [1.807, 2.05) is 0 Å². The zero-order valence-electron chi connectivity index (χ0n) is 9.70. The summed E-state index contributed by atoms with van der Waals surface area (Å²) in [4.78, 5) is 0. The molecular weight excluding hydrogens is 156 g/mol. The van der Waals surface area contributed by atoms with Crippen LogP contribution in [0.1, 0.15) is 47.5 Å². The minimum absolute atomic E-state index is 0.515. The van der Waals surface area contributed by atoms with Gasteiger partial charge in [0.05, 0.1) is 0 Å². The standard InChI is InChI=1S/C13H22/c1-7-11(5)9-12(6)13(8-2)10(3)4/h13H,3,7-8H2,1-2,4-6H3. The largest absolute Gasteiger partial charge is 0.123 e. The van der Waals surface area contributed by atoms with E-state index < -0.39 is 0 Å². The van der Waals surface area contributed by atoms with Gasteiger partial charge in [-0.15, -0.1) is 5.73 Å². The van der Waals surface area contributed by atoms with Crippen LogP contribution in [0, 0.1) is 5.92 Å². The van der Waals surface area contributed by atoms with E-state index in [4.69, 9.17) is 0 Å². The van der Waals surface area contributed by atoms with Crippen LogP contribution in [0.2, 0.25) is 0 Å². The fraction of sp³-hybridized carbons (Fsp3) is 0.615. The van der Waals surface area contributed by atoms with Crippen molar-refractivity contribution in [2.75, 3.05) is 0 Å². The van der Waals surface area contributed by atoms with Gasteiger partial charge in [-0.25, -0.2) is 0 Å². The molecule has 0 aromatic rings. The zero-order valence-corrected chi connectivity index (χ0v) is 9.70. The van der Waals surface area contributed by atoms with Crippen LogP contribution in [0.3, 0.4) is 0 Å². The second-order valence-electron chi connectivity index (χ2n) is 3.75. The van der Waals surface area contributed by atoms with E-state index in [1.54, 1.807) is 0 Å². The van der Waals surface area contributed by atoms with E-state index in [0.29, 0.717) is 5.92 Å². The van der Waals surface area contributed by atoms with Crippen LogP contribution in [-0.4, -0.2) is 0 Å². The van der Waals surface area contributed by atoms with E-state index >= 15 is 0 Å². The van der Waals surface area contributed by atoms with Crippen LogP contribution in [0.25, 0.3) is 0 Å². The summed E-state index contributed by atoms with van der Waals surface area (Å²) in [7, 11) is 0. The van der Waals surface area contributed by atoms with Crippen molar-refractivity contribution in [2.45, 2.75) is 47.5 Å². The highest BCUT2D eigenvalue weighted by Crippen LogP contribution is 2.21. The summed E-state index contributed by atoms with van der Waals surface area (Å²) in [5.74, 6) is 0.515. The van der Waals surface area contributed by atoms with Gasteiger partial charge in [-0.3, -0.25) is 0 Å². The molecule has 0 heteroatoms. The molecule has 1 unspecified atom stereocenters. The summed E-state index contributed by atoms with van der Waals surface area (Å²) in [6, 6.07) is 0. The first kappa shape index (κ1) is 12.3. The van der Waals surface area contributed by atoms with Gasteiger partial charge in [-0.05, 0) is 44.8 Å². The summed E-state index contributed by atoms with van der Waals surface area (Å²) in [5.41, 5.74) is 7.34. The Labute approximate surface area is 83.0 Å². The van der Waals surface area contributed by atoms with Gasteiger partial charge >= 0.3 is 0 Å². The van der Waals surface area contributed by atoms with E-state index in [9.17, 15) is 0 Å². The van der Waals surface area contributed by atoms with E-state index in [0.717, 1.165) is 12.8 Å². The van der Waals surface area contributed by atoms with Gasteiger partial charge in [0.2, 0.25) is 0 Å². The molecule has 0 rings (SSSR count). The van der Waals surface area contributed by atoms with E-state index in [-0.39, 0.29) is 0 Å². The van der Waals surface area contributed by atoms with E-state index in [2.05, 4.69) is 46.9 Å². The van der Waals surface area contributed by atoms with Crippen LogP contribution >= 0.6 is 0 Å². The molecule has 0 aliphatic carbocycles. The fourth-order valence-electron chi connectivity index (χ4n) is 1.54. The maximum Gasteiger partial charge on any atom is 0.00720 e. The summed E-state index contributed by atoms with van der Waals surface area (Å²) in [6.45, 7) is 14.8. The third-order valence-corrected chi connectivity index (χ3v) is 2.47. The molecule has 0 aliphatic rings. The van der Waals surface area contributed by atoms with Crippen molar-refractivity contribution in [1.82, 2.24) is 0 Å². The predicted molar refractivity (Wildman–Crippen MR) is 60.8 cm³/mol. The molecule has 0 fully saturated rings. The molecule has 0 spiro atoms. The summed E-state index contributed by atoms with van der Waals surface area (Å²) >= 11 is 0. The number of allylic oxidation sites excluding steroid dienone is 2. The maximum atomic E-state index is 4.01. The first-order chi connectivity index (χ1) is 6.02. The normalized spacial score (nSPS) is 11.8. The molecule has 0 amide bonds. The third kappa shape index (κ3) is 4.15. The second-order valence-corrected chi connectivity index (χ2v) is 3.75. The van der Waals surface area contributed by atoms with Crippen molar-refractivity contribution < 1.29 is 0 Å².